The van der Waals surface area contributed by atoms with E-state index in [2.05, 4.69) is 4.98 Å². The second-order valence-electron chi connectivity index (χ2n) is 4.42. The monoisotopic (exact) mass is 275 g/mol. The average molecular weight is 276 g/mol. The Morgan fingerprint density at radius 2 is 1.63 bits per heavy atom. The van der Waals surface area contributed by atoms with Gasteiger partial charge in [0, 0.05) is 17.3 Å². The standard InChI is InChI=1S/C15H14ClNO2/c16-14-7-6-13(10-17-14)11-2-4-12(5-3-11)15-18-8-1-9-19-15/h2-7,10,15H,1,8-9H2. The Bertz CT molecular complexity index is 533. The van der Waals surface area contributed by atoms with Crippen LogP contribution in [0.5, 0.6) is 0 Å². The zero-order chi connectivity index (χ0) is 13.1. The van der Waals surface area contributed by atoms with E-state index >= 15 is 0 Å². The second-order valence-corrected chi connectivity index (χ2v) is 4.81. The van der Waals surface area contributed by atoms with Gasteiger partial charge in [-0.2, -0.15) is 0 Å². The summed E-state index contributed by atoms with van der Waals surface area (Å²) in [6.07, 6.45) is 2.50. The van der Waals surface area contributed by atoms with Crippen LogP contribution < -0.4 is 0 Å². The summed E-state index contributed by atoms with van der Waals surface area (Å²) >= 11 is 5.78. The lowest BCUT2D eigenvalue weighted by Crippen LogP contribution is -2.17. The summed E-state index contributed by atoms with van der Waals surface area (Å²) in [5, 5.41) is 0.504. The van der Waals surface area contributed by atoms with E-state index in [-0.39, 0.29) is 6.29 Å². The molecule has 0 unspecified atom stereocenters. The fourth-order valence-electron chi connectivity index (χ4n) is 2.06. The Labute approximate surface area is 117 Å². The lowest BCUT2D eigenvalue weighted by molar-refractivity contribution is -0.183. The number of pyridine rings is 1. The summed E-state index contributed by atoms with van der Waals surface area (Å²) < 4.78 is 11.1. The molecule has 1 aliphatic heterocycles. The van der Waals surface area contributed by atoms with Crippen LogP contribution in [0.1, 0.15) is 18.3 Å². The zero-order valence-corrected chi connectivity index (χ0v) is 11.1. The summed E-state index contributed by atoms with van der Waals surface area (Å²) in [7, 11) is 0. The molecule has 1 saturated heterocycles. The van der Waals surface area contributed by atoms with E-state index < -0.39 is 0 Å². The van der Waals surface area contributed by atoms with Crippen LogP contribution in [0, 0.1) is 0 Å². The van der Waals surface area contributed by atoms with Crippen LogP contribution in [0.3, 0.4) is 0 Å². The zero-order valence-electron chi connectivity index (χ0n) is 10.4. The Hall–Kier alpha value is -1.42. The first-order valence-electron chi connectivity index (χ1n) is 6.28. The van der Waals surface area contributed by atoms with Crippen LogP contribution in [0.25, 0.3) is 11.1 Å². The van der Waals surface area contributed by atoms with Crippen molar-refractivity contribution < 1.29 is 9.47 Å². The molecule has 3 nitrogen and oxygen atoms in total. The average Bonchev–Trinajstić information content (AvgIpc) is 2.49. The van der Waals surface area contributed by atoms with Gasteiger partial charge in [-0.15, -0.1) is 0 Å². The van der Waals surface area contributed by atoms with Crippen molar-refractivity contribution in [2.45, 2.75) is 12.7 Å². The van der Waals surface area contributed by atoms with E-state index in [4.69, 9.17) is 21.1 Å². The molecule has 0 amide bonds. The molecule has 4 heteroatoms. The molecule has 98 valence electrons. The molecule has 0 atom stereocenters. The van der Waals surface area contributed by atoms with Crippen LogP contribution in [0.15, 0.2) is 42.6 Å². The predicted octanol–water partition coefficient (Wildman–Crippen LogP) is 3.84. The topological polar surface area (TPSA) is 31.4 Å². The number of hydrogen-bond donors (Lipinski definition) is 0. The van der Waals surface area contributed by atoms with Gasteiger partial charge in [0.15, 0.2) is 6.29 Å². The van der Waals surface area contributed by atoms with Gasteiger partial charge in [0.2, 0.25) is 0 Å². The molecule has 0 N–H and O–H groups in total. The molecule has 19 heavy (non-hydrogen) atoms. The van der Waals surface area contributed by atoms with Crippen molar-refractivity contribution in [1.82, 2.24) is 4.98 Å². The highest BCUT2D eigenvalue weighted by Crippen LogP contribution is 2.26. The number of rotatable bonds is 2. The number of nitrogens with zero attached hydrogens (tertiary/aromatic N) is 1. The maximum absolute atomic E-state index is 5.78. The van der Waals surface area contributed by atoms with E-state index in [9.17, 15) is 0 Å². The first-order chi connectivity index (χ1) is 9.33. The minimum atomic E-state index is -0.230. The number of benzene rings is 1. The van der Waals surface area contributed by atoms with Crippen molar-refractivity contribution in [3.8, 4) is 11.1 Å². The lowest BCUT2D eigenvalue weighted by Gasteiger charge is -2.23. The molecule has 1 fully saturated rings. The van der Waals surface area contributed by atoms with E-state index in [1.165, 1.54) is 0 Å². The molecule has 0 bridgehead atoms. The molecular weight excluding hydrogens is 262 g/mol. The quantitative estimate of drug-likeness (QED) is 0.781. The molecule has 0 aliphatic carbocycles. The van der Waals surface area contributed by atoms with Gasteiger partial charge in [0.25, 0.3) is 0 Å². The number of ether oxygens (including phenoxy) is 2. The Morgan fingerprint density at radius 3 is 2.26 bits per heavy atom. The largest absolute Gasteiger partial charge is 0.348 e. The van der Waals surface area contributed by atoms with E-state index in [0.29, 0.717) is 5.15 Å². The van der Waals surface area contributed by atoms with Gasteiger partial charge in [-0.1, -0.05) is 35.9 Å². The highest BCUT2D eigenvalue weighted by atomic mass is 35.5. The predicted molar refractivity (Wildman–Crippen MR) is 73.9 cm³/mol. The number of halogens is 1. The summed E-state index contributed by atoms with van der Waals surface area (Å²) in [6, 6.07) is 11.9. The van der Waals surface area contributed by atoms with Gasteiger partial charge in [-0.05, 0) is 24.1 Å². The minimum absolute atomic E-state index is 0.230. The third kappa shape index (κ3) is 2.95. The summed E-state index contributed by atoms with van der Waals surface area (Å²) in [6.45, 7) is 1.51. The molecule has 0 saturated carbocycles. The highest BCUT2D eigenvalue weighted by Gasteiger charge is 2.16. The molecule has 1 aromatic carbocycles. The Kier molecular flexibility index (Phi) is 3.78. The maximum Gasteiger partial charge on any atom is 0.183 e. The van der Waals surface area contributed by atoms with E-state index in [0.717, 1.165) is 36.3 Å². The maximum atomic E-state index is 5.78. The van der Waals surface area contributed by atoms with Gasteiger partial charge in [-0.25, -0.2) is 4.98 Å². The van der Waals surface area contributed by atoms with Crippen LogP contribution in [-0.4, -0.2) is 18.2 Å². The van der Waals surface area contributed by atoms with Gasteiger partial charge in [0.05, 0.1) is 13.2 Å². The van der Waals surface area contributed by atoms with Crippen molar-refractivity contribution in [3.63, 3.8) is 0 Å². The Balaban J connectivity index is 1.80. The first-order valence-corrected chi connectivity index (χ1v) is 6.66. The highest BCUT2D eigenvalue weighted by molar-refractivity contribution is 6.29. The molecule has 1 aliphatic rings. The molecule has 0 spiro atoms. The van der Waals surface area contributed by atoms with Crippen molar-refractivity contribution in [2.24, 2.45) is 0 Å². The number of hydrogen-bond acceptors (Lipinski definition) is 3. The molecule has 0 radical (unpaired) electrons. The normalized spacial score (nSPS) is 16.5. The summed E-state index contributed by atoms with van der Waals surface area (Å²) in [5.74, 6) is 0. The molecule has 1 aromatic heterocycles. The van der Waals surface area contributed by atoms with Crippen LogP contribution in [-0.2, 0) is 9.47 Å². The second kappa shape index (κ2) is 5.70. The van der Waals surface area contributed by atoms with Crippen molar-refractivity contribution in [3.05, 3.63) is 53.3 Å². The van der Waals surface area contributed by atoms with E-state index in [1.807, 2.05) is 30.3 Å². The Morgan fingerprint density at radius 1 is 0.947 bits per heavy atom. The molecular formula is C15H14ClNO2. The van der Waals surface area contributed by atoms with Gasteiger partial charge in [-0.3, -0.25) is 0 Å². The van der Waals surface area contributed by atoms with Crippen LogP contribution >= 0.6 is 11.6 Å². The first kappa shape index (κ1) is 12.6. The third-order valence-electron chi connectivity index (χ3n) is 3.07. The van der Waals surface area contributed by atoms with Gasteiger partial charge in [0.1, 0.15) is 5.15 Å². The van der Waals surface area contributed by atoms with Crippen molar-refractivity contribution >= 4 is 11.6 Å². The van der Waals surface area contributed by atoms with Crippen molar-refractivity contribution in [1.29, 1.82) is 0 Å². The fraction of sp³-hybridized carbons (Fsp3) is 0.267. The summed E-state index contributed by atoms with van der Waals surface area (Å²) in [4.78, 5) is 4.08. The molecule has 2 heterocycles. The van der Waals surface area contributed by atoms with Crippen LogP contribution in [0.2, 0.25) is 5.15 Å². The third-order valence-corrected chi connectivity index (χ3v) is 3.29. The van der Waals surface area contributed by atoms with Crippen molar-refractivity contribution in [2.75, 3.05) is 13.2 Å². The lowest BCUT2D eigenvalue weighted by atomic mass is 10.1. The fourth-order valence-corrected chi connectivity index (χ4v) is 2.17. The van der Waals surface area contributed by atoms with E-state index in [1.54, 1.807) is 12.3 Å². The van der Waals surface area contributed by atoms with Crippen LogP contribution in [0.4, 0.5) is 0 Å². The van der Waals surface area contributed by atoms with Gasteiger partial charge < -0.3 is 9.47 Å². The smallest absolute Gasteiger partial charge is 0.183 e. The summed E-state index contributed by atoms with van der Waals surface area (Å²) in [5.41, 5.74) is 3.19. The minimum Gasteiger partial charge on any atom is -0.348 e. The molecule has 2 aromatic rings. The van der Waals surface area contributed by atoms with Gasteiger partial charge >= 0.3 is 0 Å². The number of aromatic nitrogens is 1. The molecule has 3 rings (SSSR count). The SMILES string of the molecule is Clc1ccc(-c2ccc(C3OCCCO3)cc2)cn1.